The van der Waals surface area contributed by atoms with Gasteiger partial charge in [-0.05, 0) is 93.3 Å². The van der Waals surface area contributed by atoms with Gasteiger partial charge in [0.15, 0.2) is 17.7 Å². The molecule has 0 spiro atoms. The lowest BCUT2D eigenvalue weighted by Crippen LogP contribution is -2.70. The molecule has 0 bridgehead atoms. The summed E-state index contributed by atoms with van der Waals surface area (Å²) in [5.41, 5.74) is 3.53. The number of halogens is 1. The topological polar surface area (TPSA) is 147 Å². The number of ketones is 1. The molecule has 1 aromatic carbocycles. The molecule has 1 saturated heterocycles. The minimum atomic E-state index is -2.01. The van der Waals surface area contributed by atoms with Crippen molar-refractivity contribution in [1.82, 2.24) is 4.98 Å². The Morgan fingerprint density at radius 3 is 2.59 bits per heavy atom. The maximum atomic E-state index is 17.6. The van der Waals surface area contributed by atoms with Gasteiger partial charge in [-0.15, -0.1) is 0 Å². The number of fused-ring (bicyclic) bond motifs is 7. The Bertz CT molecular complexity index is 1630. The van der Waals surface area contributed by atoms with Crippen LogP contribution in [0.5, 0.6) is 0 Å². The maximum Gasteiger partial charge on any atom is 0.186 e. The average Bonchev–Trinajstić information content (AvgIpc) is 3.64. The second-order valence-electron chi connectivity index (χ2n) is 14.9. The number of aromatic nitrogens is 1. The predicted octanol–water partition coefficient (Wildman–Crippen LogP) is 4.25. The minimum Gasteiger partial charge on any atom is -0.399 e. The first-order valence-electron chi connectivity index (χ1n) is 16.4. The largest absolute Gasteiger partial charge is 0.399 e. The fourth-order valence-electron chi connectivity index (χ4n) is 10.2. The van der Waals surface area contributed by atoms with Crippen LogP contribution in [0.3, 0.4) is 0 Å². The van der Waals surface area contributed by atoms with E-state index in [1.54, 1.807) is 19.2 Å². The molecule has 6 aliphatic rings. The molecule has 0 radical (unpaired) electrons. The summed E-state index contributed by atoms with van der Waals surface area (Å²) in [4.78, 5) is 16.8. The number of rotatable bonds is 6. The molecule has 5 aliphatic carbocycles. The SMILES string of the molecule is C[C@]12C=CC(=O)C=C1CC[C@H]1[C@@H]3C[C@H]4O[C@@H](c5ccc(NC6(c7ccc(N)cc7)CC6)nc5)O[C@@]4(C(O)CO)[C@@]3(C)C[C@H](O)[C@@]12F. The Morgan fingerprint density at radius 2 is 1.91 bits per heavy atom. The number of benzene rings is 1. The molecule has 1 aliphatic heterocycles. The first-order chi connectivity index (χ1) is 21.9. The third-order valence-corrected chi connectivity index (χ3v) is 12.8. The van der Waals surface area contributed by atoms with Gasteiger partial charge in [-0.25, -0.2) is 9.37 Å². The van der Waals surface area contributed by atoms with Gasteiger partial charge in [-0.1, -0.05) is 30.7 Å². The van der Waals surface area contributed by atoms with Gasteiger partial charge in [0, 0.05) is 34.2 Å². The molecule has 8 rings (SSSR count). The average molecular weight is 632 g/mol. The van der Waals surface area contributed by atoms with Crippen LogP contribution < -0.4 is 11.1 Å². The van der Waals surface area contributed by atoms with E-state index in [0.29, 0.717) is 36.2 Å². The number of anilines is 2. The van der Waals surface area contributed by atoms with Gasteiger partial charge >= 0.3 is 0 Å². The zero-order valence-electron chi connectivity index (χ0n) is 26.2. The Balaban J connectivity index is 1.07. The number of ether oxygens (including phenoxy) is 2. The van der Waals surface area contributed by atoms with Crippen molar-refractivity contribution in [1.29, 1.82) is 0 Å². The lowest BCUT2D eigenvalue weighted by Gasteiger charge is -2.63. The normalized spacial score (nSPS) is 42.3. The van der Waals surface area contributed by atoms with Gasteiger partial charge in [-0.2, -0.15) is 0 Å². The highest BCUT2D eigenvalue weighted by atomic mass is 19.1. The highest BCUT2D eigenvalue weighted by Crippen LogP contribution is 2.73. The molecule has 1 aromatic heterocycles. The van der Waals surface area contributed by atoms with Crippen molar-refractivity contribution in [2.45, 2.75) is 93.8 Å². The number of nitrogens with one attached hydrogen (secondary N) is 1. The molecular weight excluding hydrogens is 589 g/mol. The number of aliphatic hydroxyl groups is 3. The summed E-state index contributed by atoms with van der Waals surface area (Å²) in [6.45, 7) is 3.15. The molecule has 10 heteroatoms. The zero-order valence-corrected chi connectivity index (χ0v) is 26.2. The fraction of sp³-hybridized carbons (Fsp3) is 0.556. The number of nitrogens with two attached hydrogens (primary N) is 1. The summed E-state index contributed by atoms with van der Waals surface area (Å²) >= 11 is 0. The lowest BCUT2D eigenvalue weighted by atomic mass is 9.44. The van der Waals surface area contributed by atoms with E-state index in [1.807, 2.05) is 43.3 Å². The predicted molar refractivity (Wildman–Crippen MR) is 168 cm³/mol. The van der Waals surface area contributed by atoms with Crippen LogP contribution in [0.15, 0.2) is 66.4 Å². The molecule has 6 N–H and O–H groups in total. The van der Waals surface area contributed by atoms with E-state index < -0.39 is 59.2 Å². The molecular formula is C36H42FN3O6. The molecule has 2 aromatic rings. The number of hydrogen-bond donors (Lipinski definition) is 5. The van der Waals surface area contributed by atoms with E-state index in [1.165, 1.54) is 12.2 Å². The zero-order chi connectivity index (χ0) is 32.3. The number of alkyl halides is 1. The van der Waals surface area contributed by atoms with Crippen LogP contribution in [0, 0.1) is 22.7 Å². The molecule has 46 heavy (non-hydrogen) atoms. The number of aliphatic hydroxyl groups excluding tert-OH is 3. The van der Waals surface area contributed by atoms with Crippen molar-refractivity contribution in [2.24, 2.45) is 22.7 Å². The number of hydrogen-bond acceptors (Lipinski definition) is 9. The highest BCUT2D eigenvalue weighted by Gasteiger charge is 2.79. The standard InChI is InChI=1S/C36H42FN3O6/c1-32-12-11-24(42)15-22(32)6-9-25-26-16-29-36(28(44)19-41,33(26,2)17-27(43)35(25,32)37)46-31(45-29)20-3-10-30(39-18-20)40-34(13-14-34)21-4-7-23(38)8-5-21/h3-5,7-8,10-12,15,18,25-29,31,41,43-44H,6,9,13-14,16-17,19,38H2,1-2H3,(H,39,40)/t25-,26-,27-,28?,29+,31+,32-,33-,35-,36+/m0/s1. The summed E-state index contributed by atoms with van der Waals surface area (Å²) in [5, 5.41) is 37.1. The molecule has 9 nitrogen and oxygen atoms in total. The fourth-order valence-corrected chi connectivity index (χ4v) is 10.2. The summed E-state index contributed by atoms with van der Waals surface area (Å²) in [5.74, 6) is -0.320. The second-order valence-corrected chi connectivity index (χ2v) is 14.9. The van der Waals surface area contributed by atoms with Crippen LogP contribution in [0.1, 0.15) is 69.8 Å². The van der Waals surface area contributed by atoms with Crippen LogP contribution in [0.25, 0.3) is 0 Å². The van der Waals surface area contributed by atoms with E-state index in [4.69, 9.17) is 15.2 Å². The van der Waals surface area contributed by atoms with Gasteiger partial charge in [0.2, 0.25) is 0 Å². The number of nitrogens with zero attached hydrogens (tertiary/aromatic N) is 1. The van der Waals surface area contributed by atoms with Gasteiger partial charge < -0.3 is 35.8 Å². The van der Waals surface area contributed by atoms with E-state index in [0.717, 1.165) is 24.1 Å². The summed E-state index contributed by atoms with van der Waals surface area (Å²) < 4.78 is 30.9. The Labute approximate surface area is 267 Å². The van der Waals surface area contributed by atoms with Gasteiger partial charge in [0.25, 0.3) is 0 Å². The van der Waals surface area contributed by atoms with Crippen LogP contribution in [-0.4, -0.2) is 62.3 Å². The third-order valence-electron chi connectivity index (χ3n) is 12.8. The number of carbonyl (C=O) groups excluding carboxylic acids is 1. The van der Waals surface area contributed by atoms with Crippen LogP contribution in [0.2, 0.25) is 0 Å². The van der Waals surface area contributed by atoms with Crippen LogP contribution >= 0.6 is 0 Å². The molecule has 4 saturated carbocycles. The van der Waals surface area contributed by atoms with Crippen molar-refractivity contribution < 1.29 is 34.0 Å². The number of pyridine rings is 1. The van der Waals surface area contributed by atoms with E-state index in [9.17, 15) is 20.1 Å². The molecule has 1 unspecified atom stereocenters. The van der Waals surface area contributed by atoms with E-state index in [-0.39, 0.29) is 23.7 Å². The highest BCUT2D eigenvalue weighted by molar-refractivity contribution is 6.01. The summed E-state index contributed by atoms with van der Waals surface area (Å²) in [6, 6.07) is 11.6. The first-order valence-corrected chi connectivity index (χ1v) is 16.4. The monoisotopic (exact) mass is 631 g/mol. The Kier molecular flexibility index (Phi) is 6.52. The van der Waals surface area contributed by atoms with Gasteiger partial charge in [-0.3, -0.25) is 4.79 Å². The van der Waals surface area contributed by atoms with Gasteiger partial charge in [0.05, 0.1) is 24.4 Å². The molecule has 5 fully saturated rings. The van der Waals surface area contributed by atoms with Crippen molar-refractivity contribution in [3.8, 4) is 0 Å². The quantitative estimate of drug-likeness (QED) is 0.295. The summed E-state index contributed by atoms with van der Waals surface area (Å²) in [7, 11) is 0. The third kappa shape index (κ3) is 3.85. The minimum absolute atomic E-state index is 0.00723. The van der Waals surface area contributed by atoms with E-state index >= 15 is 4.39 Å². The summed E-state index contributed by atoms with van der Waals surface area (Å²) in [6.07, 6.45) is 5.41. The number of nitrogen functional groups attached to an aromatic ring is 1. The van der Waals surface area contributed by atoms with Crippen molar-refractivity contribution in [3.05, 3.63) is 77.5 Å². The Morgan fingerprint density at radius 1 is 1.15 bits per heavy atom. The Hall–Kier alpha value is -3.15. The second kappa shape index (κ2) is 9.93. The lowest BCUT2D eigenvalue weighted by molar-refractivity contribution is -0.254. The van der Waals surface area contributed by atoms with E-state index in [2.05, 4.69) is 10.3 Å². The smallest absolute Gasteiger partial charge is 0.186 e. The van der Waals surface area contributed by atoms with Crippen LogP contribution in [0.4, 0.5) is 15.9 Å². The molecule has 10 atom stereocenters. The molecule has 0 amide bonds. The number of carbonyl (C=O) groups is 1. The van der Waals surface area contributed by atoms with Crippen molar-refractivity contribution in [2.75, 3.05) is 17.7 Å². The van der Waals surface area contributed by atoms with Crippen LogP contribution in [-0.2, 0) is 19.8 Å². The number of allylic oxidation sites excluding steroid dienone is 4. The van der Waals surface area contributed by atoms with Crippen molar-refractivity contribution >= 4 is 17.3 Å². The van der Waals surface area contributed by atoms with Gasteiger partial charge in [0.1, 0.15) is 17.5 Å². The molecule has 2 heterocycles. The van der Waals surface area contributed by atoms with Crippen molar-refractivity contribution in [3.63, 3.8) is 0 Å². The maximum absolute atomic E-state index is 17.6. The first kappa shape index (κ1) is 30.2. The molecule has 244 valence electrons.